The normalized spacial score (nSPS) is 31.4. The highest BCUT2D eigenvalue weighted by Gasteiger charge is 2.54. The highest BCUT2D eigenvalue weighted by molar-refractivity contribution is 7.89. The lowest BCUT2D eigenvalue weighted by atomic mass is 9.73. The molecule has 1 heterocycles. The second kappa shape index (κ2) is 6.82. The van der Waals surface area contributed by atoms with Crippen LogP contribution < -0.4 is 0 Å². The summed E-state index contributed by atoms with van der Waals surface area (Å²) in [6.07, 6.45) is 2.93. The van der Waals surface area contributed by atoms with Crippen LogP contribution in [0.5, 0.6) is 0 Å². The molecule has 6 heteroatoms. The van der Waals surface area contributed by atoms with Gasteiger partial charge >= 0.3 is 0 Å². The van der Waals surface area contributed by atoms with Crippen molar-refractivity contribution in [1.82, 2.24) is 4.31 Å². The molecule has 0 unspecified atom stereocenters. The molecule has 3 atom stereocenters. The molecule has 0 radical (unpaired) electrons. The minimum Gasteiger partial charge on any atom is -0.359 e. The van der Waals surface area contributed by atoms with E-state index in [9.17, 15) is 13.2 Å². The maximum atomic E-state index is 13.4. The van der Waals surface area contributed by atoms with Crippen LogP contribution in [0.3, 0.4) is 0 Å². The van der Waals surface area contributed by atoms with E-state index in [0.29, 0.717) is 25.9 Å². The quantitative estimate of drug-likeness (QED) is 0.821. The molecule has 1 aliphatic carbocycles. The molecule has 3 rings (SSSR count). The summed E-state index contributed by atoms with van der Waals surface area (Å²) in [4.78, 5) is 12.9. The lowest BCUT2D eigenvalue weighted by Gasteiger charge is -2.40. The van der Waals surface area contributed by atoms with Gasteiger partial charge in [-0.05, 0) is 45.2 Å². The molecule has 5 nitrogen and oxygen atoms in total. The average molecular weight is 365 g/mol. The number of sulfonamides is 1. The molecule has 1 saturated carbocycles. The van der Waals surface area contributed by atoms with Gasteiger partial charge in [0.05, 0.1) is 23.0 Å². The maximum absolute atomic E-state index is 13.4. The van der Waals surface area contributed by atoms with E-state index in [2.05, 4.69) is 0 Å². The molecule has 0 bridgehead atoms. The lowest BCUT2D eigenvalue weighted by molar-refractivity contribution is -0.143. The number of nitrogens with zero attached hydrogens (tertiary/aromatic N) is 1. The Hall–Kier alpha value is -1.24. The highest BCUT2D eigenvalue weighted by atomic mass is 32.2. The lowest BCUT2D eigenvalue weighted by Crippen LogP contribution is -2.53. The summed E-state index contributed by atoms with van der Waals surface area (Å²) >= 11 is 0. The molecule has 2 fully saturated rings. The van der Waals surface area contributed by atoms with Crippen molar-refractivity contribution in [2.75, 3.05) is 6.61 Å². The van der Waals surface area contributed by atoms with E-state index in [1.165, 1.54) is 4.31 Å². The number of rotatable bonds is 4. The second-order valence-electron chi connectivity index (χ2n) is 7.44. The van der Waals surface area contributed by atoms with E-state index in [0.717, 1.165) is 18.4 Å². The van der Waals surface area contributed by atoms with E-state index in [1.807, 2.05) is 20.8 Å². The summed E-state index contributed by atoms with van der Waals surface area (Å²) in [6, 6.07) is 6.64. The van der Waals surface area contributed by atoms with Gasteiger partial charge in [-0.2, -0.15) is 4.31 Å². The molecule has 1 aromatic rings. The van der Waals surface area contributed by atoms with Crippen LogP contribution in [-0.4, -0.2) is 37.4 Å². The molecule has 25 heavy (non-hydrogen) atoms. The van der Waals surface area contributed by atoms with Crippen molar-refractivity contribution in [3.8, 4) is 0 Å². The van der Waals surface area contributed by atoms with Crippen molar-refractivity contribution in [1.29, 1.82) is 0 Å². The van der Waals surface area contributed by atoms with E-state index in [1.54, 1.807) is 24.3 Å². The highest BCUT2D eigenvalue weighted by Crippen LogP contribution is 2.44. The Bertz CT molecular complexity index is 743. The number of ether oxygens (including phenoxy) is 1. The zero-order valence-electron chi connectivity index (χ0n) is 15.2. The van der Waals surface area contributed by atoms with E-state index < -0.39 is 21.7 Å². The first kappa shape index (κ1) is 18.5. The van der Waals surface area contributed by atoms with Gasteiger partial charge in [-0.3, -0.25) is 4.79 Å². The predicted molar refractivity (Wildman–Crippen MR) is 95.6 cm³/mol. The summed E-state index contributed by atoms with van der Waals surface area (Å²) < 4.78 is 34.1. The van der Waals surface area contributed by atoms with Crippen molar-refractivity contribution >= 4 is 15.8 Å². The minimum atomic E-state index is -3.72. The molecule has 0 spiro atoms. The molecule has 0 aromatic heterocycles. The summed E-state index contributed by atoms with van der Waals surface area (Å²) in [6.45, 7) is 6.10. The summed E-state index contributed by atoms with van der Waals surface area (Å²) in [5, 5.41) is 0. The van der Waals surface area contributed by atoms with Crippen LogP contribution in [0.4, 0.5) is 0 Å². The summed E-state index contributed by atoms with van der Waals surface area (Å²) in [7, 11) is -3.72. The maximum Gasteiger partial charge on any atom is 0.245 e. The fourth-order valence-corrected chi connectivity index (χ4v) is 5.79. The van der Waals surface area contributed by atoms with E-state index in [4.69, 9.17) is 4.74 Å². The van der Waals surface area contributed by atoms with Gasteiger partial charge in [-0.1, -0.05) is 31.0 Å². The van der Waals surface area contributed by atoms with Crippen LogP contribution in [0, 0.1) is 12.3 Å². The fourth-order valence-electron chi connectivity index (χ4n) is 3.92. The monoisotopic (exact) mass is 365 g/mol. The number of carbonyl (C=O) groups excluding carboxylic acids is 1. The summed E-state index contributed by atoms with van der Waals surface area (Å²) in [5.41, 5.74) is 0.245. The number of hydrogen-bond donors (Lipinski definition) is 0. The molecule has 138 valence electrons. The fraction of sp³-hybridized carbons (Fsp3) is 0.632. The summed E-state index contributed by atoms with van der Waals surface area (Å²) in [5.74, 6) is 0.115. The predicted octanol–water partition coefficient (Wildman–Crippen LogP) is 3.27. The molecule has 0 amide bonds. The van der Waals surface area contributed by atoms with Crippen LogP contribution in [-0.2, 0) is 19.6 Å². The van der Waals surface area contributed by atoms with Gasteiger partial charge in [0, 0.05) is 6.42 Å². The second-order valence-corrected chi connectivity index (χ2v) is 9.29. The van der Waals surface area contributed by atoms with Crippen molar-refractivity contribution in [3.63, 3.8) is 0 Å². The molecular formula is C19H27NO4S. The van der Waals surface area contributed by atoms with Gasteiger partial charge in [-0.15, -0.1) is 0 Å². The van der Waals surface area contributed by atoms with Crippen molar-refractivity contribution in [2.45, 2.75) is 70.0 Å². The Labute approximate surface area is 150 Å². The van der Waals surface area contributed by atoms with Crippen molar-refractivity contribution in [2.24, 2.45) is 5.41 Å². The van der Waals surface area contributed by atoms with E-state index >= 15 is 0 Å². The first-order valence-corrected chi connectivity index (χ1v) is 10.5. The Morgan fingerprint density at radius 1 is 1.24 bits per heavy atom. The standard InChI is InChI=1S/C19H27NO4S/c1-4-15-13-24-18(19(3)12-6-5-7-17(19)21)20(15)25(22,23)16-10-8-14(2)9-11-16/h8-11,15,18H,4-7,12-13H2,1-3H3/t15-,18-,19+/m0/s1. The van der Waals surface area contributed by atoms with Crippen LogP contribution >= 0.6 is 0 Å². The third kappa shape index (κ3) is 3.15. The zero-order chi connectivity index (χ0) is 18.2. The minimum absolute atomic E-state index is 0.115. The van der Waals surface area contributed by atoms with Gasteiger partial charge in [0.25, 0.3) is 0 Å². The topological polar surface area (TPSA) is 63.7 Å². The number of aryl methyl sites for hydroxylation is 1. The molecule has 1 aliphatic heterocycles. The average Bonchev–Trinajstić information content (AvgIpc) is 3.03. The first-order chi connectivity index (χ1) is 11.8. The van der Waals surface area contributed by atoms with Crippen molar-refractivity contribution in [3.05, 3.63) is 29.8 Å². The smallest absolute Gasteiger partial charge is 0.245 e. The van der Waals surface area contributed by atoms with Gasteiger partial charge in [0.2, 0.25) is 10.0 Å². The van der Waals surface area contributed by atoms with Crippen LogP contribution in [0.2, 0.25) is 0 Å². The Kier molecular flexibility index (Phi) is 5.06. The Morgan fingerprint density at radius 2 is 1.92 bits per heavy atom. The van der Waals surface area contributed by atoms with Gasteiger partial charge in [0.1, 0.15) is 12.0 Å². The Balaban J connectivity index is 2.02. The molecular weight excluding hydrogens is 338 g/mol. The van der Waals surface area contributed by atoms with Gasteiger partial charge < -0.3 is 4.74 Å². The van der Waals surface area contributed by atoms with Crippen LogP contribution in [0.25, 0.3) is 0 Å². The van der Waals surface area contributed by atoms with Crippen molar-refractivity contribution < 1.29 is 17.9 Å². The third-order valence-electron chi connectivity index (χ3n) is 5.64. The molecule has 1 saturated heterocycles. The molecule has 0 N–H and O–H groups in total. The van der Waals surface area contributed by atoms with Gasteiger partial charge in [0.15, 0.2) is 0 Å². The Morgan fingerprint density at radius 3 is 2.52 bits per heavy atom. The zero-order valence-corrected chi connectivity index (χ0v) is 16.0. The first-order valence-electron chi connectivity index (χ1n) is 9.06. The molecule has 2 aliphatic rings. The largest absolute Gasteiger partial charge is 0.359 e. The van der Waals surface area contributed by atoms with Crippen LogP contribution in [0.1, 0.15) is 51.5 Å². The molecule has 1 aromatic carbocycles. The third-order valence-corrected chi connectivity index (χ3v) is 7.55. The number of hydrogen-bond acceptors (Lipinski definition) is 4. The number of Topliss-reactive ketones (excluding diaryl/α,β-unsaturated/α-hetero) is 1. The number of carbonyl (C=O) groups is 1. The van der Waals surface area contributed by atoms with Gasteiger partial charge in [-0.25, -0.2) is 8.42 Å². The van der Waals surface area contributed by atoms with Crippen LogP contribution in [0.15, 0.2) is 29.2 Å². The number of ketones is 1. The number of benzene rings is 1. The SMILES string of the molecule is CC[C@H]1CO[C@@H]([C@]2(C)CCCCC2=O)N1S(=O)(=O)c1ccc(C)cc1. The van der Waals surface area contributed by atoms with E-state index in [-0.39, 0.29) is 16.7 Å².